The van der Waals surface area contributed by atoms with Gasteiger partial charge in [0.1, 0.15) is 5.75 Å². The number of hydrogen-bond donors (Lipinski definition) is 1. The second kappa shape index (κ2) is 8.50. The number of rotatable bonds is 6. The largest absolute Gasteiger partial charge is 0.495 e. The van der Waals surface area contributed by atoms with E-state index in [0.717, 1.165) is 25.7 Å². The number of benzene rings is 2. The van der Waals surface area contributed by atoms with Crippen molar-refractivity contribution < 1.29 is 21.6 Å². The highest BCUT2D eigenvalue weighted by Crippen LogP contribution is 2.31. The molecule has 2 aromatic rings. The van der Waals surface area contributed by atoms with Crippen molar-refractivity contribution in [3.63, 3.8) is 0 Å². The molecule has 7 nitrogen and oxygen atoms in total. The van der Waals surface area contributed by atoms with Crippen molar-refractivity contribution in [3.05, 3.63) is 48.5 Å². The molecule has 9 heteroatoms. The van der Waals surface area contributed by atoms with Crippen LogP contribution in [0.1, 0.15) is 25.7 Å². The fourth-order valence-electron chi connectivity index (χ4n) is 3.16. The van der Waals surface area contributed by atoms with E-state index in [1.807, 2.05) is 0 Å². The molecule has 152 valence electrons. The zero-order valence-corrected chi connectivity index (χ0v) is 17.3. The van der Waals surface area contributed by atoms with Crippen LogP contribution in [0.2, 0.25) is 0 Å². The topological polar surface area (TPSA) is 92.8 Å². The van der Waals surface area contributed by atoms with E-state index in [-0.39, 0.29) is 21.2 Å². The Balaban J connectivity index is 1.96. The lowest BCUT2D eigenvalue weighted by Gasteiger charge is -2.21. The Labute approximate surface area is 166 Å². The van der Waals surface area contributed by atoms with Gasteiger partial charge in [0, 0.05) is 13.1 Å². The zero-order valence-electron chi connectivity index (χ0n) is 15.7. The third kappa shape index (κ3) is 4.48. The Morgan fingerprint density at radius 1 is 0.857 bits per heavy atom. The van der Waals surface area contributed by atoms with Gasteiger partial charge in [-0.1, -0.05) is 31.0 Å². The maximum Gasteiger partial charge on any atom is 0.262 e. The molecule has 1 saturated heterocycles. The smallest absolute Gasteiger partial charge is 0.262 e. The van der Waals surface area contributed by atoms with E-state index in [2.05, 4.69) is 4.72 Å². The van der Waals surface area contributed by atoms with E-state index in [1.165, 1.54) is 41.7 Å². The SMILES string of the molecule is COc1ccc(S(=O)(=O)N2CCCCCC2)cc1NS(=O)(=O)c1ccccc1. The van der Waals surface area contributed by atoms with Crippen molar-refractivity contribution in [2.75, 3.05) is 24.9 Å². The molecule has 1 heterocycles. The summed E-state index contributed by atoms with van der Waals surface area (Å²) >= 11 is 0. The molecular weight excluding hydrogens is 400 g/mol. The minimum Gasteiger partial charge on any atom is -0.495 e. The predicted octanol–water partition coefficient (Wildman–Crippen LogP) is 3.06. The van der Waals surface area contributed by atoms with Gasteiger partial charge in [-0.05, 0) is 43.2 Å². The van der Waals surface area contributed by atoms with Crippen LogP contribution < -0.4 is 9.46 Å². The number of anilines is 1. The number of nitrogens with one attached hydrogen (secondary N) is 1. The maximum absolute atomic E-state index is 13.0. The maximum atomic E-state index is 13.0. The van der Waals surface area contributed by atoms with Gasteiger partial charge in [-0.2, -0.15) is 4.31 Å². The summed E-state index contributed by atoms with van der Waals surface area (Å²) in [6.45, 7) is 0.943. The van der Waals surface area contributed by atoms with Crippen molar-refractivity contribution in [1.82, 2.24) is 4.31 Å². The molecule has 0 unspecified atom stereocenters. The Morgan fingerprint density at radius 2 is 1.50 bits per heavy atom. The fraction of sp³-hybridized carbons (Fsp3) is 0.368. The normalized spacial score (nSPS) is 16.3. The highest BCUT2D eigenvalue weighted by atomic mass is 32.2. The molecule has 0 aliphatic carbocycles. The molecule has 2 aromatic carbocycles. The van der Waals surface area contributed by atoms with Crippen molar-refractivity contribution in [3.8, 4) is 5.75 Å². The fourth-order valence-corrected chi connectivity index (χ4v) is 5.79. The number of methoxy groups -OCH3 is 1. The lowest BCUT2D eigenvalue weighted by Crippen LogP contribution is -2.32. The van der Waals surface area contributed by atoms with Crippen LogP contribution in [-0.4, -0.2) is 41.3 Å². The molecule has 3 rings (SSSR count). The first-order valence-electron chi connectivity index (χ1n) is 9.11. The van der Waals surface area contributed by atoms with Gasteiger partial charge in [0.05, 0.1) is 22.6 Å². The molecule has 0 atom stereocenters. The van der Waals surface area contributed by atoms with Crippen LogP contribution >= 0.6 is 0 Å². The summed E-state index contributed by atoms with van der Waals surface area (Å²) in [4.78, 5) is 0.124. The van der Waals surface area contributed by atoms with Gasteiger partial charge in [-0.3, -0.25) is 4.72 Å². The minimum atomic E-state index is -3.88. The summed E-state index contributed by atoms with van der Waals surface area (Å²) in [6.07, 6.45) is 3.67. The second-order valence-electron chi connectivity index (χ2n) is 6.60. The molecule has 0 bridgehead atoms. The first-order valence-corrected chi connectivity index (χ1v) is 12.0. The van der Waals surface area contributed by atoms with E-state index in [9.17, 15) is 16.8 Å². The Morgan fingerprint density at radius 3 is 2.11 bits per heavy atom. The predicted molar refractivity (Wildman–Crippen MR) is 107 cm³/mol. The molecule has 1 N–H and O–H groups in total. The lowest BCUT2D eigenvalue weighted by atomic mass is 10.2. The summed E-state index contributed by atoms with van der Waals surface area (Å²) in [7, 11) is -6.19. The van der Waals surface area contributed by atoms with Gasteiger partial charge >= 0.3 is 0 Å². The van der Waals surface area contributed by atoms with Crippen molar-refractivity contribution in [2.24, 2.45) is 0 Å². The molecule has 1 aliphatic heterocycles. The molecule has 0 spiro atoms. The molecule has 28 heavy (non-hydrogen) atoms. The average molecular weight is 425 g/mol. The van der Waals surface area contributed by atoms with E-state index in [0.29, 0.717) is 13.1 Å². The van der Waals surface area contributed by atoms with Crippen LogP contribution in [0.25, 0.3) is 0 Å². The van der Waals surface area contributed by atoms with Gasteiger partial charge < -0.3 is 4.74 Å². The first-order chi connectivity index (χ1) is 13.3. The Hall–Kier alpha value is -2.10. The van der Waals surface area contributed by atoms with Gasteiger partial charge in [0.15, 0.2) is 0 Å². The van der Waals surface area contributed by atoms with Crippen molar-refractivity contribution >= 4 is 25.7 Å². The van der Waals surface area contributed by atoms with Gasteiger partial charge in [0.2, 0.25) is 10.0 Å². The molecule has 0 saturated carbocycles. The van der Waals surface area contributed by atoms with Crippen LogP contribution in [0.15, 0.2) is 58.3 Å². The number of hydrogen-bond acceptors (Lipinski definition) is 5. The number of ether oxygens (including phenoxy) is 1. The van der Waals surface area contributed by atoms with Crippen LogP contribution in [0.3, 0.4) is 0 Å². The van der Waals surface area contributed by atoms with E-state index < -0.39 is 20.0 Å². The van der Waals surface area contributed by atoms with Gasteiger partial charge in [-0.15, -0.1) is 0 Å². The van der Waals surface area contributed by atoms with E-state index >= 15 is 0 Å². The summed E-state index contributed by atoms with van der Waals surface area (Å²) < 4.78 is 60.5. The molecule has 0 aromatic heterocycles. The zero-order chi connectivity index (χ0) is 20.2. The minimum absolute atomic E-state index is 0.0426. The van der Waals surface area contributed by atoms with Gasteiger partial charge in [-0.25, -0.2) is 16.8 Å². The third-order valence-corrected chi connectivity index (χ3v) is 7.95. The monoisotopic (exact) mass is 424 g/mol. The van der Waals surface area contributed by atoms with Crippen LogP contribution in [0, 0.1) is 0 Å². The highest BCUT2D eigenvalue weighted by molar-refractivity contribution is 7.92. The summed E-state index contributed by atoms with van der Waals surface area (Å²) in [5.41, 5.74) is 0.0854. The standard InChI is InChI=1S/C19H24N2O5S2/c1-26-19-12-11-17(28(24,25)21-13-7-2-3-8-14-21)15-18(19)20-27(22,23)16-9-5-4-6-10-16/h4-6,9-12,15,20H,2-3,7-8,13-14H2,1H3. The number of sulfonamides is 2. The van der Waals surface area contributed by atoms with Crippen LogP contribution in [-0.2, 0) is 20.0 Å². The van der Waals surface area contributed by atoms with Crippen LogP contribution in [0.4, 0.5) is 5.69 Å². The lowest BCUT2D eigenvalue weighted by molar-refractivity contribution is 0.415. The highest BCUT2D eigenvalue weighted by Gasteiger charge is 2.27. The van der Waals surface area contributed by atoms with Crippen molar-refractivity contribution in [1.29, 1.82) is 0 Å². The average Bonchev–Trinajstić information content (AvgIpc) is 2.98. The quantitative estimate of drug-likeness (QED) is 0.769. The number of nitrogens with zero attached hydrogens (tertiary/aromatic N) is 1. The van der Waals surface area contributed by atoms with E-state index in [4.69, 9.17) is 4.74 Å². The summed E-state index contributed by atoms with van der Waals surface area (Å²) in [5, 5.41) is 0. The molecular formula is C19H24N2O5S2. The molecule has 0 amide bonds. The summed E-state index contributed by atoms with van der Waals surface area (Å²) in [5.74, 6) is 0.245. The van der Waals surface area contributed by atoms with Crippen LogP contribution in [0.5, 0.6) is 5.75 Å². The molecule has 0 radical (unpaired) electrons. The third-order valence-electron chi connectivity index (χ3n) is 4.67. The summed E-state index contributed by atoms with van der Waals surface area (Å²) in [6, 6.07) is 12.1. The van der Waals surface area contributed by atoms with E-state index in [1.54, 1.807) is 18.2 Å². The molecule has 1 aliphatic rings. The Bertz CT molecular complexity index is 1010. The van der Waals surface area contributed by atoms with Crippen molar-refractivity contribution in [2.45, 2.75) is 35.5 Å². The van der Waals surface area contributed by atoms with Gasteiger partial charge in [0.25, 0.3) is 10.0 Å². The molecule has 1 fully saturated rings. The second-order valence-corrected chi connectivity index (χ2v) is 10.2. The Kier molecular flexibility index (Phi) is 6.26. The first kappa shape index (κ1) is 20.6.